The Morgan fingerprint density at radius 2 is 1.81 bits per heavy atom. The SMILES string of the molecule is Cl.N[C@H](c1c(C(F)(F)F)ccc(Cl)c1F)C1CCOCC1. The number of halogens is 6. The third-order valence-electron chi connectivity index (χ3n) is 3.55. The zero-order valence-electron chi connectivity index (χ0n) is 10.9. The molecule has 2 nitrogen and oxygen atoms in total. The van der Waals surface area contributed by atoms with Gasteiger partial charge < -0.3 is 10.5 Å². The summed E-state index contributed by atoms with van der Waals surface area (Å²) in [5.74, 6) is -1.33. The standard InChI is InChI=1S/C13H14ClF4NO.ClH/c14-9-2-1-8(13(16,17)18)10(11(9)15)12(19)7-3-5-20-6-4-7;/h1-2,7,12H,3-6,19H2;1H/t12-;/m0./s1. The van der Waals surface area contributed by atoms with E-state index in [1.807, 2.05) is 0 Å². The molecule has 0 unspecified atom stereocenters. The molecule has 0 amide bonds. The Morgan fingerprint density at radius 1 is 1.24 bits per heavy atom. The Labute approximate surface area is 131 Å². The highest BCUT2D eigenvalue weighted by Crippen LogP contribution is 2.40. The van der Waals surface area contributed by atoms with E-state index in [0.717, 1.165) is 12.1 Å². The van der Waals surface area contributed by atoms with E-state index in [-0.39, 0.29) is 23.3 Å². The third kappa shape index (κ3) is 4.00. The second kappa shape index (κ2) is 7.13. The summed E-state index contributed by atoms with van der Waals surface area (Å²) in [5, 5.41) is -0.351. The zero-order chi connectivity index (χ0) is 14.9. The Kier molecular flexibility index (Phi) is 6.28. The van der Waals surface area contributed by atoms with Crippen molar-refractivity contribution >= 4 is 24.0 Å². The van der Waals surface area contributed by atoms with Crippen LogP contribution in [-0.2, 0) is 10.9 Å². The minimum atomic E-state index is -4.66. The third-order valence-corrected chi connectivity index (χ3v) is 3.84. The first-order valence-corrected chi connectivity index (χ1v) is 6.58. The maximum Gasteiger partial charge on any atom is 0.416 e. The van der Waals surface area contributed by atoms with Gasteiger partial charge in [-0.1, -0.05) is 11.6 Å². The number of hydrogen-bond acceptors (Lipinski definition) is 2. The van der Waals surface area contributed by atoms with E-state index in [1.165, 1.54) is 0 Å². The molecule has 0 radical (unpaired) electrons. The highest BCUT2D eigenvalue weighted by Gasteiger charge is 2.38. The van der Waals surface area contributed by atoms with E-state index in [2.05, 4.69) is 0 Å². The predicted octanol–water partition coefficient (Wildman–Crippen LogP) is 4.35. The lowest BCUT2D eigenvalue weighted by Crippen LogP contribution is -2.30. The van der Waals surface area contributed by atoms with Crippen LogP contribution in [0.4, 0.5) is 17.6 Å². The van der Waals surface area contributed by atoms with E-state index in [0.29, 0.717) is 26.1 Å². The average molecular weight is 348 g/mol. The summed E-state index contributed by atoms with van der Waals surface area (Å²) >= 11 is 5.60. The number of ether oxygens (including phenoxy) is 1. The van der Waals surface area contributed by atoms with Gasteiger partial charge in [-0.25, -0.2) is 4.39 Å². The van der Waals surface area contributed by atoms with Crippen LogP contribution in [0.25, 0.3) is 0 Å². The molecule has 2 N–H and O–H groups in total. The lowest BCUT2D eigenvalue weighted by atomic mass is 9.85. The van der Waals surface area contributed by atoms with Crippen molar-refractivity contribution in [3.05, 3.63) is 34.1 Å². The number of benzene rings is 1. The zero-order valence-corrected chi connectivity index (χ0v) is 12.5. The molecular weight excluding hydrogens is 333 g/mol. The quantitative estimate of drug-likeness (QED) is 0.807. The van der Waals surface area contributed by atoms with Crippen molar-refractivity contribution in [2.45, 2.75) is 25.1 Å². The van der Waals surface area contributed by atoms with Crippen LogP contribution in [0.2, 0.25) is 5.02 Å². The molecule has 1 heterocycles. The molecule has 1 saturated heterocycles. The molecule has 0 bridgehead atoms. The first kappa shape index (κ1) is 18.5. The fourth-order valence-corrected chi connectivity index (χ4v) is 2.61. The Balaban J connectivity index is 0.00000220. The second-order valence-electron chi connectivity index (χ2n) is 4.80. The number of hydrogen-bond donors (Lipinski definition) is 1. The molecule has 1 aliphatic heterocycles. The number of nitrogens with two attached hydrogens (primary N) is 1. The molecule has 1 aromatic carbocycles. The molecule has 0 aromatic heterocycles. The summed E-state index contributed by atoms with van der Waals surface area (Å²) in [6.45, 7) is 0.837. The molecule has 2 rings (SSSR count). The summed E-state index contributed by atoms with van der Waals surface area (Å²) in [6, 6.07) is 0.633. The topological polar surface area (TPSA) is 35.2 Å². The molecule has 1 aromatic rings. The van der Waals surface area contributed by atoms with Gasteiger partial charge in [0.1, 0.15) is 5.82 Å². The number of rotatable bonds is 2. The van der Waals surface area contributed by atoms with Crippen molar-refractivity contribution in [2.24, 2.45) is 11.7 Å². The molecule has 1 atom stereocenters. The van der Waals surface area contributed by atoms with Gasteiger partial charge >= 0.3 is 6.18 Å². The molecule has 1 aliphatic rings. The van der Waals surface area contributed by atoms with Gasteiger partial charge in [-0.3, -0.25) is 0 Å². The summed E-state index contributed by atoms with van der Waals surface area (Å²) in [7, 11) is 0. The molecular formula is C13H15Cl2F4NO. The molecule has 0 aliphatic carbocycles. The Morgan fingerprint density at radius 3 is 2.33 bits per heavy atom. The smallest absolute Gasteiger partial charge is 0.381 e. The van der Waals surface area contributed by atoms with Gasteiger partial charge in [0, 0.05) is 24.8 Å². The van der Waals surface area contributed by atoms with Gasteiger partial charge in [-0.15, -0.1) is 12.4 Å². The van der Waals surface area contributed by atoms with Gasteiger partial charge in [0.05, 0.1) is 10.6 Å². The average Bonchev–Trinajstić information content (AvgIpc) is 2.40. The molecule has 0 saturated carbocycles. The second-order valence-corrected chi connectivity index (χ2v) is 5.20. The van der Waals surface area contributed by atoms with Gasteiger partial charge in [0.15, 0.2) is 0 Å². The van der Waals surface area contributed by atoms with Crippen LogP contribution in [-0.4, -0.2) is 13.2 Å². The monoisotopic (exact) mass is 347 g/mol. The number of alkyl halides is 3. The van der Waals surface area contributed by atoms with Crippen LogP contribution in [0, 0.1) is 11.7 Å². The molecule has 21 heavy (non-hydrogen) atoms. The van der Waals surface area contributed by atoms with Gasteiger partial charge in [-0.2, -0.15) is 13.2 Å². The fraction of sp³-hybridized carbons (Fsp3) is 0.538. The minimum Gasteiger partial charge on any atom is -0.381 e. The van der Waals surface area contributed by atoms with E-state index in [9.17, 15) is 17.6 Å². The lowest BCUT2D eigenvalue weighted by Gasteiger charge is -2.29. The normalized spacial score (nSPS) is 18.2. The highest BCUT2D eigenvalue weighted by molar-refractivity contribution is 6.30. The van der Waals surface area contributed by atoms with Gasteiger partial charge in [0.2, 0.25) is 0 Å². The van der Waals surface area contributed by atoms with Crippen LogP contribution < -0.4 is 5.73 Å². The Hall–Kier alpha value is -0.560. The maximum absolute atomic E-state index is 14.1. The van der Waals surface area contributed by atoms with Crippen molar-refractivity contribution in [2.75, 3.05) is 13.2 Å². The van der Waals surface area contributed by atoms with Gasteiger partial charge in [0.25, 0.3) is 0 Å². The predicted molar refractivity (Wildman–Crippen MR) is 74.1 cm³/mol. The van der Waals surface area contributed by atoms with Crippen molar-refractivity contribution in [3.63, 3.8) is 0 Å². The summed E-state index contributed by atoms with van der Waals surface area (Å²) in [4.78, 5) is 0. The summed E-state index contributed by atoms with van der Waals surface area (Å²) in [6.07, 6.45) is -3.65. The molecule has 120 valence electrons. The lowest BCUT2D eigenvalue weighted by molar-refractivity contribution is -0.138. The summed E-state index contributed by atoms with van der Waals surface area (Å²) in [5.41, 5.74) is 4.28. The van der Waals surface area contributed by atoms with E-state index < -0.39 is 29.2 Å². The van der Waals surface area contributed by atoms with E-state index in [4.69, 9.17) is 22.1 Å². The molecule has 1 fully saturated rings. The van der Waals surface area contributed by atoms with Crippen LogP contribution in [0.3, 0.4) is 0 Å². The van der Waals surface area contributed by atoms with Crippen LogP contribution in [0.15, 0.2) is 12.1 Å². The van der Waals surface area contributed by atoms with Crippen molar-refractivity contribution in [1.29, 1.82) is 0 Å². The van der Waals surface area contributed by atoms with E-state index >= 15 is 0 Å². The maximum atomic E-state index is 14.1. The van der Waals surface area contributed by atoms with Crippen LogP contribution in [0.1, 0.15) is 30.0 Å². The Bertz CT molecular complexity index is 490. The first-order valence-electron chi connectivity index (χ1n) is 6.20. The largest absolute Gasteiger partial charge is 0.416 e. The highest BCUT2D eigenvalue weighted by atomic mass is 35.5. The van der Waals surface area contributed by atoms with Crippen molar-refractivity contribution in [1.82, 2.24) is 0 Å². The summed E-state index contributed by atoms with van der Waals surface area (Å²) < 4.78 is 58.2. The van der Waals surface area contributed by atoms with Crippen LogP contribution in [0.5, 0.6) is 0 Å². The first-order chi connectivity index (χ1) is 9.32. The molecule has 8 heteroatoms. The van der Waals surface area contributed by atoms with E-state index in [1.54, 1.807) is 0 Å². The van der Waals surface area contributed by atoms with Crippen LogP contribution >= 0.6 is 24.0 Å². The minimum absolute atomic E-state index is 0. The van der Waals surface area contributed by atoms with Gasteiger partial charge in [-0.05, 0) is 30.9 Å². The van der Waals surface area contributed by atoms with Crippen molar-refractivity contribution in [3.8, 4) is 0 Å². The fourth-order valence-electron chi connectivity index (χ4n) is 2.45. The van der Waals surface area contributed by atoms with Crippen molar-refractivity contribution < 1.29 is 22.3 Å². The molecule has 0 spiro atoms.